The summed E-state index contributed by atoms with van der Waals surface area (Å²) < 4.78 is 5.23. The molecule has 3 rings (SSSR count). The predicted molar refractivity (Wildman–Crippen MR) is 107 cm³/mol. The van der Waals surface area contributed by atoms with Gasteiger partial charge in [0.25, 0.3) is 5.91 Å². The number of fused-ring (bicyclic) bond motifs is 1. The molecular formula is C21H22N2O2S. The first kappa shape index (κ1) is 18.3. The first-order valence-electron chi connectivity index (χ1n) is 8.59. The molecular weight excluding hydrogens is 344 g/mol. The number of nitrogens with zero attached hydrogens (tertiary/aromatic N) is 1. The van der Waals surface area contributed by atoms with Crippen LogP contribution < -0.4 is 10.1 Å². The van der Waals surface area contributed by atoms with Gasteiger partial charge in [-0.25, -0.2) is 0 Å². The molecule has 2 aromatic carbocycles. The van der Waals surface area contributed by atoms with E-state index in [1.54, 1.807) is 18.9 Å². The Morgan fingerprint density at radius 1 is 1.15 bits per heavy atom. The van der Waals surface area contributed by atoms with Crippen LogP contribution in [0.25, 0.3) is 10.9 Å². The Morgan fingerprint density at radius 2 is 1.96 bits per heavy atom. The van der Waals surface area contributed by atoms with E-state index in [2.05, 4.69) is 22.4 Å². The molecule has 0 fully saturated rings. The monoisotopic (exact) mass is 366 g/mol. The highest BCUT2D eigenvalue weighted by Crippen LogP contribution is 2.22. The number of rotatable bonds is 7. The van der Waals surface area contributed by atoms with Crippen molar-refractivity contribution in [2.45, 2.75) is 18.2 Å². The second-order valence-electron chi connectivity index (χ2n) is 5.95. The lowest BCUT2D eigenvalue weighted by atomic mass is 10.1. The van der Waals surface area contributed by atoms with E-state index in [-0.39, 0.29) is 5.91 Å². The van der Waals surface area contributed by atoms with Gasteiger partial charge in [-0.1, -0.05) is 18.2 Å². The predicted octanol–water partition coefficient (Wildman–Crippen LogP) is 4.46. The van der Waals surface area contributed by atoms with Crippen LogP contribution in [0.4, 0.5) is 0 Å². The average Bonchev–Trinajstić information content (AvgIpc) is 2.67. The van der Waals surface area contributed by atoms with Crippen LogP contribution in [0.15, 0.2) is 59.5 Å². The molecule has 0 unspecified atom stereocenters. The number of hydrogen-bond acceptors (Lipinski definition) is 4. The third-order valence-corrected chi connectivity index (χ3v) is 5.18. The largest absolute Gasteiger partial charge is 0.497 e. The number of nitrogens with one attached hydrogen (secondary N) is 1. The number of aryl methyl sites for hydroxylation is 1. The van der Waals surface area contributed by atoms with Crippen molar-refractivity contribution >= 4 is 28.6 Å². The molecule has 1 amide bonds. The van der Waals surface area contributed by atoms with E-state index < -0.39 is 0 Å². The number of amides is 1. The highest BCUT2D eigenvalue weighted by molar-refractivity contribution is 7.99. The van der Waals surface area contributed by atoms with Gasteiger partial charge in [0.05, 0.1) is 23.9 Å². The molecule has 0 radical (unpaired) electrons. The Balaban J connectivity index is 1.56. The second-order valence-corrected chi connectivity index (χ2v) is 7.12. The number of methoxy groups -OCH3 is 1. The lowest BCUT2D eigenvalue weighted by Gasteiger charge is -2.09. The minimum Gasteiger partial charge on any atom is -0.497 e. The smallest absolute Gasteiger partial charge is 0.253 e. The summed E-state index contributed by atoms with van der Waals surface area (Å²) in [7, 11) is 1.63. The Hall–Kier alpha value is -2.53. The summed E-state index contributed by atoms with van der Waals surface area (Å²) in [6, 6.07) is 17.9. The van der Waals surface area contributed by atoms with Gasteiger partial charge in [0, 0.05) is 22.9 Å². The fourth-order valence-corrected chi connectivity index (χ4v) is 3.55. The minimum absolute atomic E-state index is 0.0718. The van der Waals surface area contributed by atoms with E-state index in [0.29, 0.717) is 12.1 Å². The molecule has 0 aliphatic rings. The van der Waals surface area contributed by atoms with Gasteiger partial charge in [-0.2, -0.15) is 0 Å². The zero-order valence-electron chi connectivity index (χ0n) is 15.0. The van der Waals surface area contributed by atoms with E-state index in [0.717, 1.165) is 34.5 Å². The van der Waals surface area contributed by atoms with Crippen LogP contribution in [0.5, 0.6) is 5.75 Å². The van der Waals surface area contributed by atoms with Crippen molar-refractivity contribution in [3.63, 3.8) is 0 Å². The van der Waals surface area contributed by atoms with Crippen molar-refractivity contribution in [3.8, 4) is 5.75 Å². The van der Waals surface area contributed by atoms with E-state index in [1.165, 1.54) is 4.90 Å². The quantitative estimate of drug-likeness (QED) is 0.495. The van der Waals surface area contributed by atoms with Crippen LogP contribution in [0.1, 0.15) is 22.5 Å². The Labute approximate surface area is 158 Å². The zero-order chi connectivity index (χ0) is 18.4. The lowest BCUT2D eigenvalue weighted by molar-refractivity contribution is 0.0953. The standard InChI is InChI=1S/C21H22N2O2S/c1-15-19(13-16-9-10-17(25-2)14-20(16)23-15)21(24)22-11-6-12-26-18-7-4-3-5-8-18/h3-5,7-10,13-14H,6,11-12H2,1-2H3,(H,22,24). The van der Waals surface area contributed by atoms with Crippen molar-refractivity contribution in [2.75, 3.05) is 19.4 Å². The average molecular weight is 366 g/mol. The van der Waals surface area contributed by atoms with Crippen LogP contribution in [0.3, 0.4) is 0 Å². The highest BCUT2D eigenvalue weighted by Gasteiger charge is 2.11. The van der Waals surface area contributed by atoms with E-state index in [9.17, 15) is 4.79 Å². The first-order valence-corrected chi connectivity index (χ1v) is 9.57. The molecule has 0 bridgehead atoms. The maximum atomic E-state index is 12.5. The summed E-state index contributed by atoms with van der Waals surface area (Å²) in [4.78, 5) is 18.3. The van der Waals surface area contributed by atoms with Crippen LogP contribution >= 0.6 is 11.8 Å². The van der Waals surface area contributed by atoms with Crippen molar-refractivity contribution < 1.29 is 9.53 Å². The summed E-state index contributed by atoms with van der Waals surface area (Å²) >= 11 is 1.80. The number of aromatic nitrogens is 1. The van der Waals surface area contributed by atoms with Gasteiger partial charge in [-0.3, -0.25) is 9.78 Å². The first-order chi connectivity index (χ1) is 12.7. The molecule has 26 heavy (non-hydrogen) atoms. The Morgan fingerprint density at radius 3 is 2.73 bits per heavy atom. The molecule has 0 aliphatic heterocycles. The number of hydrogen-bond donors (Lipinski definition) is 1. The highest BCUT2D eigenvalue weighted by atomic mass is 32.2. The molecule has 0 saturated heterocycles. The summed E-state index contributed by atoms with van der Waals surface area (Å²) in [6.45, 7) is 2.51. The van der Waals surface area contributed by atoms with Crippen molar-refractivity contribution in [1.29, 1.82) is 0 Å². The van der Waals surface area contributed by atoms with Crippen LogP contribution in [-0.4, -0.2) is 30.3 Å². The fraction of sp³-hybridized carbons (Fsp3) is 0.238. The molecule has 0 atom stereocenters. The summed E-state index contributed by atoms with van der Waals surface area (Å²) in [5, 5.41) is 3.93. The molecule has 1 heterocycles. The zero-order valence-corrected chi connectivity index (χ0v) is 15.8. The number of carbonyl (C=O) groups excluding carboxylic acids is 1. The van der Waals surface area contributed by atoms with Crippen LogP contribution in [0.2, 0.25) is 0 Å². The van der Waals surface area contributed by atoms with E-state index >= 15 is 0 Å². The van der Waals surface area contributed by atoms with Gasteiger partial charge < -0.3 is 10.1 Å². The Bertz CT molecular complexity index is 897. The molecule has 0 saturated carbocycles. The van der Waals surface area contributed by atoms with Crippen molar-refractivity contribution in [3.05, 3.63) is 65.9 Å². The molecule has 0 aliphatic carbocycles. The molecule has 4 nitrogen and oxygen atoms in total. The third kappa shape index (κ3) is 4.55. The van der Waals surface area contributed by atoms with Gasteiger partial charge in [0.1, 0.15) is 5.75 Å². The summed E-state index contributed by atoms with van der Waals surface area (Å²) in [5.41, 5.74) is 2.18. The number of thioether (sulfide) groups is 1. The molecule has 0 spiro atoms. The maximum absolute atomic E-state index is 12.5. The normalized spacial score (nSPS) is 10.7. The van der Waals surface area contributed by atoms with Gasteiger partial charge in [-0.15, -0.1) is 11.8 Å². The van der Waals surface area contributed by atoms with E-state index in [4.69, 9.17) is 4.74 Å². The van der Waals surface area contributed by atoms with Crippen molar-refractivity contribution in [2.24, 2.45) is 0 Å². The Kier molecular flexibility index (Phi) is 6.12. The number of pyridine rings is 1. The molecule has 134 valence electrons. The second kappa shape index (κ2) is 8.72. The van der Waals surface area contributed by atoms with Crippen molar-refractivity contribution in [1.82, 2.24) is 10.3 Å². The summed E-state index contributed by atoms with van der Waals surface area (Å²) in [5.74, 6) is 1.66. The minimum atomic E-state index is -0.0718. The van der Waals surface area contributed by atoms with Gasteiger partial charge >= 0.3 is 0 Å². The van der Waals surface area contributed by atoms with Crippen LogP contribution in [-0.2, 0) is 0 Å². The van der Waals surface area contributed by atoms with Crippen LogP contribution in [0, 0.1) is 6.92 Å². The molecule has 3 aromatic rings. The number of carbonyl (C=O) groups is 1. The molecule has 1 aromatic heterocycles. The topological polar surface area (TPSA) is 51.2 Å². The summed E-state index contributed by atoms with van der Waals surface area (Å²) in [6.07, 6.45) is 0.919. The SMILES string of the molecule is COc1ccc2cc(C(=O)NCCCSc3ccccc3)c(C)nc2c1. The third-order valence-electron chi connectivity index (χ3n) is 4.08. The molecule has 1 N–H and O–H groups in total. The number of ether oxygens (including phenoxy) is 1. The fourth-order valence-electron chi connectivity index (χ4n) is 2.68. The van der Waals surface area contributed by atoms with E-state index in [1.807, 2.05) is 49.4 Å². The number of benzene rings is 2. The van der Waals surface area contributed by atoms with Gasteiger partial charge in [0.15, 0.2) is 0 Å². The van der Waals surface area contributed by atoms with Gasteiger partial charge in [-0.05, 0) is 49.4 Å². The van der Waals surface area contributed by atoms with Gasteiger partial charge in [0.2, 0.25) is 0 Å². The maximum Gasteiger partial charge on any atom is 0.253 e. The lowest BCUT2D eigenvalue weighted by Crippen LogP contribution is -2.25. The molecule has 5 heteroatoms.